The SMILES string of the molecule is CCOC(CCN=C(N)N(CC)CC)C(C)C.I. The van der Waals surface area contributed by atoms with Crippen molar-refractivity contribution in [3.8, 4) is 0 Å². The van der Waals surface area contributed by atoms with Crippen molar-refractivity contribution in [2.45, 2.75) is 47.1 Å². The van der Waals surface area contributed by atoms with Crippen LogP contribution < -0.4 is 5.73 Å². The molecular weight excluding hydrogens is 341 g/mol. The maximum atomic E-state index is 5.91. The van der Waals surface area contributed by atoms with Crippen molar-refractivity contribution in [2.75, 3.05) is 26.2 Å². The zero-order chi connectivity index (χ0) is 13.3. The zero-order valence-corrected chi connectivity index (χ0v) is 14.8. The van der Waals surface area contributed by atoms with Crippen molar-refractivity contribution >= 4 is 29.9 Å². The first-order valence-electron chi connectivity index (χ1n) is 6.73. The fourth-order valence-electron chi connectivity index (χ4n) is 1.78. The Morgan fingerprint density at radius 2 is 1.78 bits per heavy atom. The summed E-state index contributed by atoms with van der Waals surface area (Å²) in [6, 6.07) is 0. The third-order valence-electron chi connectivity index (χ3n) is 2.90. The van der Waals surface area contributed by atoms with Gasteiger partial charge in [-0.15, -0.1) is 24.0 Å². The molecule has 0 amide bonds. The molecule has 0 heterocycles. The second-order valence-corrected chi connectivity index (χ2v) is 4.44. The van der Waals surface area contributed by atoms with Gasteiger partial charge in [0.2, 0.25) is 0 Å². The van der Waals surface area contributed by atoms with Crippen LogP contribution in [0.1, 0.15) is 41.0 Å². The van der Waals surface area contributed by atoms with Gasteiger partial charge in [-0.25, -0.2) is 0 Å². The van der Waals surface area contributed by atoms with E-state index in [4.69, 9.17) is 10.5 Å². The molecule has 2 N–H and O–H groups in total. The van der Waals surface area contributed by atoms with E-state index >= 15 is 0 Å². The number of halogens is 1. The van der Waals surface area contributed by atoms with Crippen molar-refractivity contribution in [3.63, 3.8) is 0 Å². The number of hydrogen-bond acceptors (Lipinski definition) is 2. The van der Waals surface area contributed by atoms with Crippen LogP contribution in [0, 0.1) is 5.92 Å². The monoisotopic (exact) mass is 371 g/mol. The number of nitrogens with zero attached hydrogens (tertiary/aromatic N) is 2. The molecule has 0 rings (SSSR count). The predicted octanol–water partition coefficient (Wildman–Crippen LogP) is 2.71. The van der Waals surface area contributed by atoms with Crippen molar-refractivity contribution in [1.82, 2.24) is 4.90 Å². The number of guanidine groups is 1. The first kappa shape index (κ1) is 20.3. The highest BCUT2D eigenvalue weighted by molar-refractivity contribution is 14.0. The summed E-state index contributed by atoms with van der Waals surface area (Å²) < 4.78 is 5.67. The molecule has 0 aromatic heterocycles. The van der Waals surface area contributed by atoms with Crippen molar-refractivity contribution in [2.24, 2.45) is 16.6 Å². The van der Waals surface area contributed by atoms with Crippen LogP contribution in [0.25, 0.3) is 0 Å². The van der Waals surface area contributed by atoms with Gasteiger partial charge in [-0.2, -0.15) is 0 Å². The second-order valence-electron chi connectivity index (χ2n) is 4.44. The Kier molecular flexibility index (Phi) is 13.5. The lowest BCUT2D eigenvalue weighted by atomic mass is 10.0. The first-order chi connectivity index (χ1) is 8.06. The van der Waals surface area contributed by atoms with E-state index in [0.29, 0.717) is 11.9 Å². The van der Waals surface area contributed by atoms with Gasteiger partial charge < -0.3 is 15.4 Å². The van der Waals surface area contributed by atoms with Crippen molar-refractivity contribution in [1.29, 1.82) is 0 Å². The van der Waals surface area contributed by atoms with Crippen LogP contribution in [0.4, 0.5) is 0 Å². The maximum absolute atomic E-state index is 5.91. The average molecular weight is 371 g/mol. The van der Waals surface area contributed by atoms with Gasteiger partial charge in [0.05, 0.1) is 6.10 Å². The van der Waals surface area contributed by atoms with Crippen LogP contribution >= 0.6 is 24.0 Å². The molecule has 1 unspecified atom stereocenters. The van der Waals surface area contributed by atoms with E-state index < -0.39 is 0 Å². The molecule has 0 bridgehead atoms. The van der Waals surface area contributed by atoms with E-state index in [1.807, 2.05) is 6.92 Å². The smallest absolute Gasteiger partial charge is 0.191 e. The Labute approximate surface area is 129 Å². The second kappa shape index (κ2) is 12.0. The number of ether oxygens (including phenoxy) is 1. The Bertz CT molecular complexity index is 218. The zero-order valence-electron chi connectivity index (χ0n) is 12.5. The van der Waals surface area contributed by atoms with E-state index in [1.165, 1.54) is 0 Å². The fraction of sp³-hybridized carbons (Fsp3) is 0.923. The Balaban J connectivity index is 0. The number of aliphatic imine (C=N–C) groups is 1. The van der Waals surface area contributed by atoms with Gasteiger partial charge in [0, 0.05) is 26.2 Å². The summed E-state index contributed by atoms with van der Waals surface area (Å²) in [6.45, 7) is 13.9. The molecule has 4 nitrogen and oxygen atoms in total. The van der Waals surface area contributed by atoms with Gasteiger partial charge >= 0.3 is 0 Å². The van der Waals surface area contributed by atoms with Crippen LogP contribution in [-0.2, 0) is 4.74 Å². The topological polar surface area (TPSA) is 50.9 Å². The summed E-state index contributed by atoms with van der Waals surface area (Å²) in [4.78, 5) is 6.47. The van der Waals surface area contributed by atoms with Crippen LogP contribution in [0.2, 0.25) is 0 Å². The molecule has 0 saturated heterocycles. The molecule has 0 aliphatic carbocycles. The van der Waals surface area contributed by atoms with Gasteiger partial charge in [0.25, 0.3) is 0 Å². The van der Waals surface area contributed by atoms with Crippen LogP contribution in [0.3, 0.4) is 0 Å². The Morgan fingerprint density at radius 1 is 1.22 bits per heavy atom. The van der Waals surface area contributed by atoms with Gasteiger partial charge in [-0.05, 0) is 33.1 Å². The molecule has 0 radical (unpaired) electrons. The van der Waals surface area contributed by atoms with Crippen LogP contribution in [0.5, 0.6) is 0 Å². The molecule has 1 atom stereocenters. The van der Waals surface area contributed by atoms with E-state index in [-0.39, 0.29) is 30.1 Å². The molecule has 0 saturated carbocycles. The molecule has 0 spiro atoms. The summed E-state index contributed by atoms with van der Waals surface area (Å²) in [6.07, 6.45) is 1.22. The minimum Gasteiger partial charge on any atom is -0.378 e. The van der Waals surface area contributed by atoms with E-state index in [1.54, 1.807) is 0 Å². The van der Waals surface area contributed by atoms with E-state index in [9.17, 15) is 0 Å². The normalized spacial score (nSPS) is 13.3. The van der Waals surface area contributed by atoms with Crippen molar-refractivity contribution < 1.29 is 4.74 Å². The minimum atomic E-state index is 0. The first-order valence-corrected chi connectivity index (χ1v) is 6.73. The molecular formula is C13H30IN3O. The third kappa shape index (κ3) is 8.13. The van der Waals surface area contributed by atoms with Gasteiger partial charge in [0.1, 0.15) is 0 Å². The average Bonchev–Trinajstić information content (AvgIpc) is 2.29. The fourth-order valence-corrected chi connectivity index (χ4v) is 1.78. The molecule has 5 heteroatoms. The standard InChI is InChI=1S/C13H29N3O.HI/c1-6-16(7-2)13(14)15-10-9-12(11(4)5)17-8-3;/h11-12H,6-10H2,1-5H3,(H2,14,15);1H. The van der Waals surface area contributed by atoms with Gasteiger partial charge in [0.15, 0.2) is 5.96 Å². The summed E-state index contributed by atoms with van der Waals surface area (Å²) in [5.74, 6) is 1.17. The van der Waals surface area contributed by atoms with Gasteiger partial charge in [-0.1, -0.05) is 13.8 Å². The predicted molar refractivity (Wildman–Crippen MR) is 89.7 cm³/mol. The summed E-state index contributed by atoms with van der Waals surface area (Å²) >= 11 is 0. The van der Waals surface area contributed by atoms with E-state index in [2.05, 4.69) is 37.6 Å². The molecule has 0 aromatic rings. The molecule has 0 aliphatic heterocycles. The summed E-state index contributed by atoms with van der Waals surface area (Å²) in [5.41, 5.74) is 5.91. The largest absolute Gasteiger partial charge is 0.378 e. The maximum Gasteiger partial charge on any atom is 0.191 e. The molecule has 18 heavy (non-hydrogen) atoms. The molecule has 0 aromatic carbocycles. The quantitative estimate of drug-likeness (QED) is 0.406. The number of nitrogens with two attached hydrogens (primary N) is 1. The van der Waals surface area contributed by atoms with Crippen LogP contribution in [-0.4, -0.2) is 43.2 Å². The molecule has 110 valence electrons. The van der Waals surface area contributed by atoms with Crippen molar-refractivity contribution in [3.05, 3.63) is 0 Å². The Morgan fingerprint density at radius 3 is 2.17 bits per heavy atom. The lowest BCUT2D eigenvalue weighted by molar-refractivity contribution is 0.0266. The third-order valence-corrected chi connectivity index (χ3v) is 2.90. The highest BCUT2D eigenvalue weighted by Crippen LogP contribution is 2.10. The molecule has 0 fully saturated rings. The lowest BCUT2D eigenvalue weighted by Gasteiger charge is -2.21. The Hall–Kier alpha value is -0.0400. The van der Waals surface area contributed by atoms with Crippen LogP contribution in [0.15, 0.2) is 4.99 Å². The van der Waals surface area contributed by atoms with E-state index in [0.717, 1.165) is 32.7 Å². The summed E-state index contributed by atoms with van der Waals surface area (Å²) in [5, 5.41) is 0. The summed E-state index contributed by atoms with van der Waals surface area (Å²) in [7, 11) is 0. The highest BCUT2D eigenvalue weighted by Gasteiger charge is 2.12. The highest BCUT2D eigenvalue weighted by atomic mass is 127. The number of rotatable bonds is 8. The molecule has 0 aliphatic rings. The van der Waals surface area contributed by atoms with Gasteiger partial charge in [-0.3, -0.25) is 4.99 Å². The lowest BCUT2D eigenvalue weighted by Crippen LogP contribution is -2.37. The number of hydrogen-bond donors (Lipinski definition) is 1. The minimum absolute atomic E-state index is 0.